The summed E-state index contributed by atoms with van der Waals surface area (Å²) in [5, 5.41) is 4.17. The molecule has 0 bridgehead atoms. The first-order valence-electron chi connectivity index (χ1n) is 6.90. The summed E-state index contributed by atoms with van der Waals surface area (Å²) >= 11 is 0. The highest BCUT2D eigenvalue weighted by atomic mass is 16.6. The number of carbonyl (C=O) groups is 2. The van der Waals surface area contributed by atoms with Crippen molar-refractivity contribution < 1.29 is 19.1 Å². The maximum Gasteiger partial charge on any atom is 0.410 e. The van der Waals surface area contributed by atoms with E-state index in [-0.39, 0.29) is 12.1 Å². The molecule has 1 saturated heterocycles. The van der Waals surface area contributed by atoms with Crippen molar-refractivity contribution in [2.45, 2.75) is 38.8 Å². The average molecular weight is 295 g/mol. The second-order valence-electron chi connectivity index (χ2n) is 6.07. The van der Waals surface area contributed by atoms with Crippen LogP contribution in [0.5, 0.6) is 0 Å². The molecule has 0 N–H and O–H groups in total. The monoisotopic (exact) mass is 295 g/mol. The van der Waals surface area contributed by atoms with Crippen LogP contribution >= 0.6 is 0 Å². The van der Waals surface area contributed by atoms with E-state index < -0.39 is 11.6 Å². The molecular formula is C14H21N3O4. The van der Waals surface area contributed by atoms with Crippen LogP contribution in [0, 0.1) is 0 Å². The number of aromatic nitrogens is 2. The maximum absolute atomic E-state index is 12.0. The highest BCUT2D eigenvalue weighted by Gasteiger charge is 2.31. The predicted octanol–water partition coefficient (Wildman–Crippen LogP) is 1.85. The summed E-state index contributed by atoms with van der Waals surface area (Å²) in [6.07, 6.45) is 3.59. The smallest absolute Gasteiger partial charge is 0.410 e. The molecular weight excluding hydrogens is 274 g/mol. The van der Waals surface area contributed by atoms with Crippen molar-refractivity contribution in [3.05, 3.63) is 18.0 Å². The largest absolute Gasteiger partial charge is 0.465 e. The van der Waals surface area contributed by atoms with Gasteiger partial charge in [0.25, 0.3) is 0 Å². The maximum atomic E-state index is 12.0. The van der Waals surface area contributed by atoms with E-state index in [1.54, 1.807) is 15.8 Å². The highest BCUT2D eigenvalue weighted by Crippen LogP contribution is 2.23. The third kappa shape index (κ3) is 3.74. The molecule has 1 aliphatic rings. The SMILES string of the molecule is COC(=O)c1cnn(C2CCN(C(=O)OC(C)(C)C)C2)c1. The Morgan fingerprint density at radius 2 is 2.10 bits per heavy atom. The van der Waals surface area contributed by atoms with Crippen LogP contribution in [0.15, 0.2) is 12.4 Å². The minimum atomic E-state index is -0.501. The number of hydrogen-bond donors (Lipinski definition) is 0. The first-order valence-corrected chi connectivity index (χ1v) is 6.90. The molecule has 0 aliphatic carbocycles. The van der Waals surface area contributed by atoms with Crippen LogP contribution in [0.1, 0.15) is 43.6 Å². The molecule has 0 aromatic carbocycles. The first kappa shape index (κ1) is 15.3. The van der Waals surface area contributed by atoms with Gasteiger partial charge in [0.1, 0.15) is 5.60 Å². The molecule has 0 saturated carbocycles. The molecule has 7 nitrogen and oxygen atoms in total. The van der Waals surface area contributed by atoms with Crippen LogP contribution in [-0.2, 0) is 9.47 Å². The normalized spacial score (nSPS) is 18.7. The molecule has 0 radical (unpaired) electrons. The quantitative estimate of drug-likeness (QED) is 0.778. The van der Waals surface area contributed by atoms with Gasteiger partial charge in [0.2, 0.25) is 0 Å². The molecule has 116 valence electrons. The molecule has 21 heavy (non-hydrogen) atoms. The van der Waals surface area contributed by atoms with Gasteiger partial charge in [-0.25, -0.2) is 9.59 Å². The topological polar surface area (TPSA) is 73.7 Å². The van der Waals surface area contributed by atoms with Gasteiger partial charge in [-0.05, 0) is 27.2 Å². The van der Waals surface area contributed by atoms with E-state index in [9.17, 15) is 9.59 Å². The summed E-state index contributed by atoms with van der Waals surface area (Å²) in [4.78, 5) is 25.1. The van der Waals surface area contributed by atoms with Gasteiger partial charge in [-0.2, -0.15) is 5.10 Å². The molecule has 1 amide bonds. The van der Waals surface area contributed by atoms with Gasteiger partial charge < -0.3 is 14.4 Å². The lowest BCUT2D eigenvalue weighted by Crippen LogP contribution is -2.35. The van der Waals surface area contributed by atoms with Gasteiger partial charge in [-0.15, -0.1) is 0 Å². The number of carbonyl (C=O) groups excluding carboxylic acids is 2. The number of rotatable bonds is 2. The molecule has 1 fully saturated rings. The van der Waals surface area contributed by atoms with Crippen LogP contribution in [0.25, 0.3) is 0 Å². The Balaban J connectivity index is 1.97. The molecule has 2 rings (SSSR count). The number of esters is 1. The van der Waals surface area contributed by atoms with Gasteiger partial charge in [0.15, 0.2) is 0 Å². The summed E-state index contributed by atoms with van der Waals surface area (Å²) in [5.41, 5.74) is -0.0907. The van der Waals surface area contributed by atoms with Gasteiger partial charge in [-0.3, -0.25) is 4.68 Å². The van der Waals surface area contributed by atoms with E-state index in [0.717, 1.165) is 6.42 Å². The van der Waals surface area contributed by atoms with Crippen LogP contribution in [0.4, 0.5) is 4.79 Å². The zero-order chi connectivity index (χ0) is 15.6. The van der Waals surface area contributed by atoms with Gasteiger partial charge in [0, 0.05) is 19.3 Å². The van der Waals surface area contributed by atoms with Crippen molar-refractivity contribution in [2.75, 3.05) is 20.2 Å². The zero-order valence-corrected chi connectivity index (χ0v) is 12.8. The summed E-state index contributed by atoms with van der Waals surface area (Å²) in [6, 6.07) is 0.0518. The molecule has 1 aromatic heterocycles. The third-order valence-electron chi connectivity index (χ3n) is 3.21. The van der Waals surface area contributed by atoms with Crippen molar-refractivity contribution in [3.63, 3.8) is 0 Å². The van der Waals surface area contributed by atoms with Crippen molar-refractivity contribution in [1.82, 2.24) is 14.7 Å². The van der Waals surface area contributed by atoms with E-state index in [1.165, 1.54) is 13.3 Å². The minimum absolute atomic E-state index is 0.0518. The average Bonchev–Trinajstić information content (AvgIpc) is 3.04. The van der Waals surface area contributed by atoms with Crippen molar-refractivity contribution >= 4 is 12.1 Å². The Morgan fingerprint density at radius 3 is 2.71 bits per heavy atom. The van der Waals surface area contributed by atoms with Gasteiger partial charge in [0.05, 0.1) is 24.9 Å². The fourth-order valence-corrected chi connectivity index (χ4v) is 2.21. The van der Waals surface area contributed by atoms with E-state index in [4.69, 9.17) is 4.74 Å². The van der Waals surface area contributed by atoms with Crippen LogP contribution in [0.3, 0.4) is 0 Å². The molecule has 1 unspecified atom stereocenters. The molecule has 0 spiro atoms. The Hall–Kier alpha value is -2.05. The van der Waals surface area contributed by atoms with E-state index >= 15 is 0 Å². The molecule has 7 heteroatoms. The number of methoxy groups -OCH3 is 1. The standard InChI is InChI=1S/C14H21N3O4/c1-14(2,3)21-13(19)16-6-5-11(9-16)17-8-10(7-15-17)12(18)20-4/h7-8,11H,5-6,9H2,1-4H3. The molecule has 2 heterocycles. The lowest BCUT2D eigenvalue weighted by atomic mass is 10.2. The van der Waals surface area contributed by atoms with Crippen LogP contribution in [-0.4, -0.2) is 52.5 Å². The third-order valence-corrected chi connectivity index (χ3v) is 3.21. The van der Waals surface area contributed by atoms with Gasteiger partial charge in [-0.1, -0.05) is 0 Å². The van der Waals surface area contributed by atoms with E-state index in [0.29, 0.717) is 18.7 Å². The highest BCUT2D eigenvalue weighted by molar-refractivity contribution is 5.88. The Morgan fingerprint density at radius 1 is 1.38 bits per heavy atom. The number of ether oxygens (including phenoxy) is 2. The summed E-state index contributed by atoms with van der Waals surface area (Å²) in [7, 11) is 1.33. The lowest BCUT2D eigenvalue weighted by Gasteiger charge is -2.24. The van der Waals surface area contributed by atoms with Crippen molar-refractivity contribution in [1.29, 1.82) is 0 Å². The summed E-state index contributed by atoms with van der Waals surface area (Å²) in [6.45, 7) is 6.67. The van der Waals surface area contributed by atoms with Crippen molar-refractivity contribution in [3.8, 4) is 0 Å². The fraction of sp³-hybridized carbons (Fsp3) is 0.643. The fourth-order valence-electron chi connectivity index (χ4n) is 2.21. The predicted molar refractivity (Wildman–Crippen MR) is 75.0 cm³/mol. The molecule has 1 aromatic rings. The summed E-state index contributed by atoms with van der Waals surface area (Å²) in [5.74, 6) is -0.414. The van der Waals surface area contributed by atoms with E-state index in [2.05, 4.69) is 9.84 Å². The summed E-state index contributed by atoms with van der Waals surface area (Å²) < 4.78 is 11.7. The van der Waals surface area contributed by atoms with E-state index in [1.807, 2.05) is 20.8 Å². The van der Waals surface area contributed by atoms with Gasteiger partial charge >= 0.3 is 12.1 Å². The molecule has 1 aliphatic heterocycles. The Bertz CT molecular complexity index is 533. The van der Waals surface area contributed by atoms with Crippen LogP contribution < -0.4 is 0 Å². The zero-order valence-electron chi connectivity index (χ0n) is 12.8. The Kier molecular flexibility index (Phi) is 4.20. The minimum Gasteiger partial charge on any atom is -0.465 e. The number of amides is 1. The first-order chi connectivity index (χ1) is 9.80. The number of nitrogens with zero attached hydrogens (tertiary/aromatic N) is 3. The number of hydrogen-bond acceptors (Lipinski definition) is 5. The lowest BCUT2D eigenvalue weighted by molar-refractivity contribution is 0.0288. The van der Waals surface area contributed by atoms with Crippen molar-refractivity contribution in [2.24, 2.45) is 0 Å². The second-order valence-corrected chi connectivity index (χ2v) is 6.07. The van der Waals surface area contributed by atoms with Crippen LogP contribution in [0.2, 0.25) is 0 Å². The Labute approximate surface area is 123 Å². The molecule has 1 atom stereocenters. The number of likely N-dealkylation sites (tertiary alicyclic amines) is 1. The second kappa shape index (κ2) is 5.75.